The summed E-state index contributed by atoms with van der Waals surface area (Å²) in [5.74, 6) is 0.926. The molecule has 0 spiro atoms. The van der Waals surface area contributed by atoms with E-state index in [1.54, 1.807) is 0 Å². The summed E-state index contributed by atoms with van der Waals surface area (Å²) < 4.78 is 5.68. The van der Waals surface area contributed by atoms with Gasteiger partial charge in [0.2, 0.25) is 0 Å². The molecule has 17 heavy (non-hydrogen) atoms. The van der Waals surface area contributed by atoms with E-state index >= 15 is 0 Å². The van der Waals surface area contributed by atoms with Gasteiger partial charge in [-0.15, -0.1) is 0 Å². The number of hydrogen-bond acceptors (Lipinski definition) is 3. The predicted octanol–water partition coefficient (Wildman–Crippen LogP) is 2.25. The number of aryl methyl sites for hydroxylation is 1. The Morgan fingerprint density at radius 2 is 2.06 bits per heavy atom. The van der Waals surface area contributed by atoms with Crippen molar-refractivity contribution in [2.75, 3.05) is 13.2 Å². The molecule has 0 bridgehead atoms. The number of benzene rings is 1. The lowest BCUT2D eigenvalue weighted by atomic mass is 9.93. The van der Waals surface area contributed by atoms with Gasteiger partial charge < -0.3 is 15.6 Å². The second-order valence-electron chi connectivity index (χ2n) is 4.59. The average Bonchev–Trinajstić information content (AvgIpc) is 2.36. The molecule has 3 N–H and O–H groups in total. The van der Waals surface area contributed by atoms with E-state index in [2.05, 4.69) is 0 Å². The molecule has 0 aliphatic carbocycles. The van der Waals surface area contributed by atoms with Crippen molar-refractivity contribution in [3.8, 4) is 5.75 Å². The van der Waals surface area contributed by atoms with Crippen LogP contribution in [0.3, 0.4) is 0 Å². The Labute approximate surface area is 104 Å². The first-order valence-electron chi connectivity index (χ1n) is 6.19. The van der Waals surface area contributed by atoms with E-state index in [1.807, 2.05) is 38.1 Å². The highest BCUT2D eigenvalue weighted by Gasteiger charge is 2.20. The summed E-state index contributed by atoms with van der Waals surface area (Å²) in [7, 11) is 0. The second kappa shape index (κ2) is 6.62. The van der Waals surface area contributed by atoms with Crippen LogP contribution in [0.2, 0.25) is 0 Å². The maximum atomic E-state index is 9.18. The van der Waals surface area contributed by atoms with E-state index in [1.165, 1.54) is 0 Å². The van der Waals surface area contributed by atoms with Gasteiger partial charge in [0.05, 0.1) is 13.2 Å². The molecule has 0 radical (unpaired) electrons. The number of aliphatic hydroxyl groups excluding tert-OH is 1. The molecule has 1 aromatic rings. The number of rotatable bonds is 7. The van der Waals surface area contributed by atoms with Gasteiger partial charge in [-0.2, -0.15) is 0 Å². The van der Waals surface area contributed by atoms with E-state index < -0.39 is 5.54 Å². The fourth-order valence-corrected chi connectivity index (χ4v) is 1.69. The van der Waals surface area contributed by atoms with Crippen molar-refractivity contribution >= 4 is 0 Å². The van der Waals surface area contributed by atoms with Crippen LogP contribution in [0.5, 0.6) is 5.75 Å². The van der Waals surface area contributed by atoms with Crippen LogP contribution in [0.25, 0.3) is 0 Å². The summed E-state index contributed by atoms with van der Waals surface area (Å²) in [5.41, 5.74) is 6.69. The maximum Gasteiger partial charge on any atom is 0.122 e. The van der Waals surface area contributed by atoms with Gasteiger partial charge in [-0.25, -0.2) is 0 Å². The first-order valence-corrected chi connectivity index (χ1v) is 6.19. The third kappa shape index (κ3) is 4.36. The number of ether oxygens (including phenoxy) is 1. The van der Waals surface area contributed by atoms with Crippen LogP contribution >= 0.6 is 0 Å². The zero-order valence-electron chi connectivity index (χ0n) is 10.8. The van der Waals surface area contributed by atoms with Gasteiger partial charge >= 0.3 is 0 Å². The second-order valence-corrected chi connectivity index (χ2v) is 4.59. The van der Waals surface area contributed by atoms with Gasteiger partial charge in [0.15, 0.2) is 0 Å². The lowest BCUT2D eigenvalue weighted by Crippen LogP contribution is -2.43. The summed E-state index contributed by atoms with van der Waals surface area (Å²) in [5, 5.41) is 9.18. The van der Waals surface area contributed by atoms with Crippen LogP contribution < -0.4 is 10.5 Å². The fourth-order valence-electron chi connectivity index (χ4n) is 1.69. The molecule has 3 heteroatoms. The molecule has 0 aliphatic heterocycles. The third-order valence-corrected chi connectivity index (χ3v) is 3.19. The Kier molecular flexibility index (Phi) is 5.45. The molecular weight excluding hydrogens is 214 g/mol. The number of nitrogens with two attached hydrogens (primary N) is 1. The van der Waals surface area contributed by atoms with E-state index in [-0.39, 0.29) is 6.61 Å². The molecule has 1 unspecified atom stereocenters. The minimum atomic E-state index is -0.449. The van der Waals surface area contributed by atoms with E-state index in [9.17, 15) is 5.11 Å². The van der Waals surface area contributed by atoms with Gasteiger partial charge in [0.1, 0.15) is 5.75 Å². The topological polar surface area (TPSA) is 55.5 Å². The van der Waals surface area contributed by atoms with Crippen molar-refractivity contribution < 1.29 is 9.84 Å². The SMILES string of the molecule is CCC(N)(CO)CCCOc1ccccc1C. The Balaban J connectivity index is 2.32. The van der Waals surface area contributed by atoms with E-state index in [4.69, 9.17) is 10.5 Å². The molecule has 1 aromatic carbocycles. The van der Waals surface area contributed by atoms with Crippen molar-refractivity contribution in [1.82, 2.24) is 0 Å². The Hall–Kier alpha value is -1.06. The summed E-state index contributed by atoms with van der Waals surface area (Å²) >= 11 is 0. The molecule has 1 rings (SSSR count). The normalized spacial score (nSPS) is 14.4. The minimum Gasteiger partial charge on any atom is -0.493 e. The van der Waals surface area contributed by atoms with Crippen LogP contribution in [0.4, 0.5) is 0 Å². The third-order valence-electron chi connectivity index (χ3n) is 3.19. The predicted molar refractivity (Wildman–Crippen MR) is 70.2 cm³/mol. The molecular formula is C14H23NO2. The van der Waals surface area contributed by atoms with Crippen LogP contribution in [-0.4, -0.2) is 23.9 Å². The van der Waals surface area contributed by atoms with E-state index in [0.717, 1.165) is 30.6 Å². The molecule has 96 valence electrons. The number of para-hydroxylation sites is 1. The van der Waals surface area contributed by atoms with Gasteiger partial charge in [-0.3, -0.25) is 0 Å². The van der Waals surface area contributed by atoms with Crippen LogP contribution in [0.15, 0.2) is 24.3 Å². The zero-order chi connectivity index (χ0) is 12.7. The monoisotopic (exact) mass is 237 g/mol. The zero-order valence-corrected chi connectivity index (χ0v) is 10.8. The number of aliphatic hydroxyl groups is 1. The van der Waals surface area contributed by atoms with Crippen LogP contribution in [0.1, 0.15) is 31.7 Å². The summed E-state index contributed by atoms with van der Waals surface area (Å²) in [6.45, 7) is 4.71. The molecule has 0 fully saturated rings. The van der Waals surface area contributed by atoms with Crippen LogP contribution in [-0.2, 0) is 0 Å². The standard InChI is InChI=1S/C14H23NO2/c1-3-14(15,11-16)9-6-10-17-13-8-5-4-7-12(13)2/h4-5,7-8,16H,3,6,9-11,15H2,1-2H3. The molecule has 0 aromatic heterocycles. The highest BCUT2D eigenvalue weighted by atomic mass is 16.5. The average molecular weight is 237 g/mol. The molecule has 0 amide bonds. The van der Waals surface area contributed by atoms with Gasteiger partial charge in [-0.1, -0.05) is 25.1 Å². The van der Waals surface area contributed by atoms with Gasteiger partial charge in [0.25, 0.3) is 0 Å². The molecule has 3 nitrogen and oxygen atoms in total. The fraction of sp³-hybridized carbons (Fsp3) is 0.571. The van der Waals surface area contributed by atoms with Crippen molar-refractivity contribution in [2.45, 2.75) is 38.6 Å². The van der Waals surface area contributed by atoms with Gasteiger partial charge in [-0.05, 0) is 37.8 Å². The first kappa shape index (κ1) is 14.0. The Morgan fingerprint density at radius 1 is 1.35 bits per heavy atom. The summed E-state index contributed by atoms with van der Waals surface area (Å²) in [4.78, 5) is 0. The largest absolute Gasteiger partial charge is 0.493 e. The lowest BCUT2D eigenvalue weighted by Gasteiger charge is -2.25. The Morgan fingerprint density at radius 3 is 2.65 bits per heavy atom. The van der Waals surface area contributed by atoms with E-state index in [0.29, 0.717) is 6.61 Å². The van der Waals surface area contributed by atoms with Crippen molar-refractivity contribution in [3.63, 3.8) is 0 Å². The summed E-state index contributed by atoms with van der Waals surface area (Å²) in [6, 6.07) is 7.96. The smallest absolute Gasteiger partial charge is 0.122 e. The molecule has 0 saturated heterocycles. The molecule has 0 heterocycles. The molecule has 1 atom stereocenters. The molecule has 0 aliphatic rings. The quantitative estimate of drug-likeness (QED) is 0.715. The van der Waals surface area contributed by atoms with Crippen molar-refractivity contribution in [1.29, 1.82) is 0 Å². The maximum absolute atomic E-state index is 9.18. The van der Waals surface area contributed by atoms with Crippen molar-refractivity contribution in [2.24, 2.45) is 5.73 Å². The molecule has 0 saturated carbocycles. The summed E-state index contributed by atoms with van der Waals surface area (Å²) in [6.07, 6.45) is 2.43. The van der Waals surface area contributed by atoms with Gasteiger partial charge in [0, 0.05) is 5.54 Å². The highest BCUT2D eigenvalue weighted by Crippen LogP contribution is 2.18. The van der Waals surface area contributed by atoms with Crippen LogP contribution in [0, 0.1) is 6.92 Å². The van der Waals surface area contributed by atoms with Crippen molar-refractivity contribution in [3.05, 3.63) is 29.8 Å². The first-order chi connectivity index (χ1) is 8.11. The Bertz CT molecular complexity index is 335. The number of hydrogen-bond donors (Lipinski definition) is 2. The lowest BCUT2D eigenvalue weighted by molar-refractivity contribution is 0.171. The minimum absolute atomic E-state index is 0.0356. The highest BCUT2D eigenvalue weighted by molar-refractivity contribution is 5.31.